The van der Waals surface area contributed by atoms with Gasteiger partial charge in [-0.05, 0) is 47.5 Å². The van der Waals surface area contributed by atoms with Gasteiger partial charge in [0.2, 0.25) is 0 Å². The van der Waals surface area contributed by atoms with Gasteiger partial charge in [-0.25, -0.2) is 0 Å². The lowest BCUT2D eigenvalue weighted by Gasteiger charge is -2.14. The highest BCUT2D eigenvalue weighted by Gasteiger charge is 2.09. The van der Waals surface area contributed by atoms with Crippen LogP contribution in [0.2, 0.25) is 0 Å². The second kappa shape index (κ2) is 5.05. The van der Waals surface area contributed by atoms with E-state index in [1.54, 1.807) is 11.3 Å². The summed E-state index contributed by atoms with van der Waals surface area (Å²) in [6.07, 6.45) is 4.72. The molecule has 2 aromatic heterocycles. The zero-order chi connectivity index (χ0) is 10.5. The molecule has 0 bridgehead atoms. The molecule has 0 aliphatic carbocycles. The van der Waals surface area contributed by atoms with E-state index in [0.29, 0.717) is 6.04 Å². The summed E-state index contributed by atoms with van der Waals surface area (Å²) < 4.78 is 0. The predicted molar refractivity (Wildman–Crippen MR) is 64.1 cm³/mol. The summed E-state index contributed by atoms with van der Waals surface area (Å²) in [6, 6.07) is 6.65. The van der Waals surface area contributed by atoms with Crippen LogP contribution in [0.5, 0.6) is 0 Å². The number of likely N-dealkylation sites (N-methyl/N-ethyl adjacent to an activating group) is 1. The lowest BCUT2D eigenvalue weighted by atomic mass is 10.0. The minimum Gasteiger partial charge on any atom is -0.313 e. The molecule has 3 heteroatoms. The summed E-state index contributed by atoms with van der Waals surface area (Å²) in [5, 5.41) is 7.64. The van der Waals surface area contributed by atoms with Gasteiger partial charge in [-0.15, -0.1) is 0 Å². The number of rotatable bonds is 4. The summed E-state index contributed by atoms with van der Waals surface area (Å²) in [5.74, 6) is 0. The van der Waals surface area contributed by atoms with Crippen LogP contribution in [0.4, 0.5) is 0 Å². The summed E-state index contributed by atoms with van der Waals surface area (Å²) in [6.45, 7) is 0. The van der Waals surface area contributed by atoms with Gasteiger partial charge in [0.25, 0.3) is 0 Å². The third-order valence-corrected chi connectivity index (χ3v) is 3.16. The van der Waals surface area contributed by atoms with Crippen molar-refractivity contribution in [2.75, 3.05) is 7.05 Å². The van der Waals surface area contributed by atoms with Crippen LogP contribution < -0.4 is 5.32 Å². The van der Waals surface area contributed by atoms with Crippen LogP contribution in [-0.2, 0) is 6.42 Å². The van der Waals surface area contributed by atoms with Crippen LogP contribution >= 0.6 is 11.3 Å². The molecule has 0 fully saturated rings. The fourth-order valence-electron chi connectivity index (χ4n) is 1.61. The maximum atomic E-state index is 4.13. The van der Waals surface area contributed by atoms with Gasteiger partial charge in [-0.2, -0.15) is 11.3 Å². The number of pyridine rings is 1. The number of nitrogens with zero attached hydrogens (tertiary/aromatic N) is 1. The minimum atomic E-state index is 0.389. The summed E-state index contributed by atoms with van der Waals surface area (Å²) in [4.78, 5) is 4.13. The van der Waals surface area contributed by atoms with Crippen LogP contribution in [0.1, 0.15) is 17.2 Å². The number of thiophene rings is 1. The molecule has 78 valence electrons. The predicted octanol–water partition coefficient (Wildman–Crippen LogP) is 2.65. The molecule has 0 saturated carbocycles. The molecule has 0 aliphatic rings. The maximum Gasteiger partial charge on any atom is 0.0367 e. The van der Waals surface area contributed by atoms with Crippen molar-refractivity contribution in [2.45, 2.75) is 12.5 Å². The summed E-state index contributed by atoms with van der Waals surface area (Å²) >= 11 is 1.74. The second-order valence-corrected chi connectivity index (χ2v) is 4.24. The van der Waals surface area contributed by atoms with Gasteiger partial charge in [0.1, 0.15) is 0 Å². The average molecular weight is 218 g/mol. The molecule has 0 aliphatic heterocycles. The van der Waals surface area contributed by atoms with Crippen molar-refractivity contribution in [3.8, 4) is 0 Å². The molecule has 2 aromatic rings. The van der Waals surface area contributed by atoms with Crippen LogP contribution in [-0.4, -0.2) is 12.0 Å². The Balaban J connectivity index is 2.10. The molecule has 0 saturated heterocycles. The molecule has 0 spiro atoms. The van der Waals surface area contributed by atoms with Crippen molar-refractivity contribution >= 4 is 11.3 Å². The SMILES string of the molecule is CNC(Cc1cccnc1)c1ccsc1. The number of hydrogen-bond donors (Lipinski definition) is 1. The van der Waals surface area contributed by atoms with E-state index < -0.39 is 0 Å². The van der Waals surface area contributed by atoms with Gasteiger partial charge in [0.05, 0.1) is 0 Å². The van der Waals surface area contributed by atoms with Crippen molar-refractivity contribution in [1.82, 2.24) is 10.3 Å². The second-order valence-electron chi connectivity index (χ2n) is 3.46. The number of aromatic nitrogens is 1. The molecule has 2 nitrogen and oxygen atoms in total. The zero-order valence-electron chi connectivity index (χ0n) is 8.68. The zero-order valence-corrected chi connectivity index (χ0v) is 9.50. The van der Waals surface area contributed by atoms with E-state index in [-0.39, 0.29) is 0 Å². The molecule has 1 unspecified atom stereocenters. The smallest absolute Gasteiger partial charge is 0.0367 e. The Morgan fingerprint density at radius 2 is 2.40 bits per heavy atom. The molecular weight excluding hydrogens is 204 g/mol. The third-order valence-electron chi connectivity index (χ3n) is 2.46. The van der Waals surface area contributed by atoms with Crippen molar-refractivity contribution in [2.24, 2.45) is 0 Å². The Labute approximate surface area is 94.0 Å². The number of hydrogen-bond acceptors (Lipinski definition) is 3. The van der Waals surface area contributed by atoms with Crippen LogP contribution in [0.15, 0.2) is 41.4 Å². The van der Waals surface area contributed by atoms with Gasteiger partial charge < -0.3 is 5.32 Å². The Morgan fingerprint density at radius 1 is 1.47 bits per heavy atom. The Hall–Kier alpha value is -1.19. The van der Waals surface area contributed by atoms with E-state index >= 15 is 0 Å². The minimum absolute atomic E-state index is 0.389. The first kappa shape index (κ1) is 10.3. The Morgan fingerprint density at radius 3 is 3.00 bits per heavy atom. The summed E-state index contributed by atoms with van der Waals surface area (Å²) in [7, 11) is 2.00. The number of nitrogens with one attached hydrogen (secondary N) is 1. The molecule has 2 rings (SSSR count). The van der Waals surface area contributed by atoms with Crippen molar-refractivity contribution in [1.29, 1.82) is 0 Å². The van der Waals surface area contributed by atoms with Gasteiger partial charge in [-0.1, -0.05) is 6.07 Å². The Kier molecular flexibility index (Phi) is 3.48. The molecule has 1 atom stereocenters. The first-order valence-electron chi connectivity index (χ1n) is 4.98. The molecule has 1 N–H and O–H groups in total. The molecule has 0 aromatic carbocycles. The standard InChI is InChI=1S/C12H14N2S/c1-13-12(11-4-6-15-9-11)7-10-3-2-5-14-8-10/h2-6,8-9,12-13H,7H2,1H3. The lowest BCUT2D eigenvalue weighted by molar-refractivity contribution is 0.593. The van der Waals surface area contributed by atoms with Crippen LogP contribution in [0.3, 0.4) is 0 Å². The van der Waals surface area contributed by atoms with Crippen molar-refractivity contribution in [3.63, 3.8) is 0 Å². The molecule has 0 radical (unpaired) electrons. The maximum absolute atomic E-state index is 4.13. The highest BCUT2D eigenvalue weighted by atomic mass is 32.1. The lowest BCUT2D eigenvalue weighted by Crippen LogP contribution is -2.18. The fraction of sp³-hybridized carbons (Fsp3) is 0.250. The quantitative estimate of drug-likeness (QED) is 0.853. The summed E-state index contributed by atoms with van der Waals surface area (Å²) in [5.41, 5.74) is 2.62. The van der Waals surface area contributed by atoms with Gasteiger partial charge in [0, 0.05) is 18.4 Å². The highest BCUT2D eigenvalue weighted by Crippen LogP contribution is 2.19. The van der Waals surface area contributed by atoms with E-state index in [1.807, 2.05) is 25.5 Å². The van der Waals surface area contributed by atoms with E-state index in [0.717, 1.165) is 6.42 Å². The van der Waals surface area contributed by atoms with Gasteiger partial charge >= 0.3 is 0 Å². The topological polar surface area (TPSA) is 24.9 Å². The van der Waals surface area contributed by atoms with E-state index in [2.05, 4.69) is 33.2 Å². The normalized spacial score (nSPS) is 12.6. The largest absolute Gasteiger partial charge is 0.313 e. The Bertz CT molecular complexity index is 383. The average Bonchev–Trinajstić information content (AvgIpc) is 2.81. The van der Waals surface area contributed by atoms with E-state index in [4.69, 9.17) is 0 Å². The van der Waals surface area contributed by atoms with Crippen molar-refractivity contribution in [3.05, 3.63) is 52.5 Å². The molecule has 15 heavy (non-hydrogen) atoms. The first-order chi connectivity index (χ1) is 7.40. The highest BCUT2D eigenvalue weighted by molar-refractivity contribution is 7.07. The third kappa shape index (κ3) is 2.64. The first-order valence-corrected chi connectivity index (χ1v) is 5.92. The molecule has 0 amide bonds. The van der Waals surface area contributed by atoms with E-state index in [1.165, 1.54) is 11.1 Å². The molecule has 2 heterocycles. The monoisotopic (exact) mass is 218 g/mol. The fourth-order valence-corrected chi connectivity index (χ4v) is 2.33. The van der Waals surface area contributed by atoms with E-state index in [9.17, 15) is 0 Å². The molecular formula is C12H14N2S. The van der Waals surface area contributed by atoms with Crippen molar-refractivity contribution < 1.29 is 0 Å². The van der Waals surface area contributed by atoms with Gasteiger partial charge in [-0.3, -0.25) is 4.98 Å². The van der Waals surface area contributed by atoms with Crippen LogP contribution in [0, 0.1) is 0 Å². The van der Waals surface area contributed by atoms with Gasteiger partial charge in [0.15, 0.2) is 0 Å². The van der Waals surface area contributed by atoms with Crippen LogP contribution in [0.25, 0.3) is 0 Å².